The van der Waals surface area contributed by atoms with Crippen LogP contribution in [0.5, 0.6) is 0 Å². The molecule has 0 saturated heterocycles. The van der Waals surface area contributed by atoms with Crippen molar-refractivity contribution in [1.29, 1.82) is 0 Å². The Morgan fingerprint density at radius 2 is 2.42 bits per heavy atom. The zero-order valence-electron chi connectivity index (χ0n) is 6.50. The monoisotopic (exact) mass is 163 g/mol. The summed E-state index contributed by atoms with van der Waals surface area (Å²) in [6.45, 7) is 0.671. The summed E-state index contributed by atoms with van der Waals surface area (Å²) < 4.78 is 0. The molecule has 0 atom stereocenters. The Morgan fingerprint density at radius 1 is 1.50 bits per heavy atom. The van der Waals surface area contributed by atoms with Gasteiger partial charge in [-0.05, 0) is 12.1 Å². The van der Waals surface area contributed by atoms with Crippen LogP contribution in [0.15, 0.2) is 18.3 Å². The first-order valence-electron chi connectivity index (χ1n) is 3.85. The molecule has 0 aromatic carbocycles. The molecule has 1 amide bonds. The van der Waals surface area contributed by atoms with Crippen molar-refractivity contribution in [3.05, 3.63) is 18.3 Å². The third kappa shape index (κ3) is 1.23. The van der Waals surface area contributed by atoms with Gasteiger partial charge in [0.1, 0.15) is 0 Å². The van der Waals surface area contributed by atoms with E-state index < -0.39 is 0 Å². The summed E-state index contributed by atoms with van der Waals surface area (Å²) in [6, 6.07) is 3.73. The zero-order valence-corrected chi connectivity index (χ0v) is 6.50. The maximum Gasteiger partial charge on any atom is 0.227 e. The highest BCUT2D eigenvalue weighted by Gasteiger charge is 2.11. The number of carbonyl (C=O) groups excluding carboxylic acids is 1. The number of anilines is 2. The van der Waals surface area contributed by atoms with Gasteiger partial charge in [0, 0.05) is 19.2 Å². The van der Waals surface area contributed by atoms with E-state index in [2.05, 4.69) is 15.6 Å². The van der Waals surface area contributed by atoms with Gasteiger partial charge in [0.2, 0.25) is 5.91 Å². The van der Waals surface area contributed by atoms with E-state index in [4.69, 9.17) is 0 Å². The van der Waals surface area contributed by atoms with Crippen LogP contribution in [-0.4, -0.2) is 17.4 Å². The minimum absolute atomic E-state index is 0.0138. The van der Waals surface area contributed by atoms with E-state index in [0.29, 0.717) is 18.8 Å². The fraction of sp³-hybridized carbons (Fsp3) is 0.250. The van der Waals surface area contributed by atoms with Gasteiger partial charge in [-0.1, -0.05) is 0 Å². The molecule has 1 aromatic heterocycles. The van der Waals surface area contributed by atoms with E-state index in [0.717, 1.165) is 5.69 Å². The van der Waals surface area contributed by atoms with Crippen LogP contribution >= 0.6 is 0 Å². The van der Waals surface area contributed by atoms with Crippen molar-refractivity contribution in [1.82, 2.24) is 4.98 Å². The lowest BCUT2D eigenvalue weighted by molar-refractivity contribution is -0.115. The lowest BCUT2D eigenvalue weighted by Gasteiger charge is -2.03. The Balaban J connectivity index is 2.37. The molecule has 4 nitrogen and oxygen atoms in total. The van der Waals surface area contributed by atoms with Gasteiger partial charge < -0.3 is 10.6 Å². The fourth-order valence-electron chi connectivity index (χ4n) is 1.15. The summed E-state index contributed by atoms with van der Waals surface area (Å²) in [4.78, 5) is 15.1. The minimum atomic E-state index is 0.0138. The molecule has 62 valence electrons. The molecule has 0 bridgehead atoms. The van der Waals surface area contributed by atoms with Gasteiger partial charge in [-0.3, -0.25) is 4.79 Å². The summed E-state index contributed by atoms with van der Waals surface area (Å²) >= 11 is 0. The van der Waals surface area contributed by atoms with Gasteiger partial charge in [0.05, 0.1) is 5.69 Å². The quantitative estimate of drug-likeness (QED) is 0.595. The molecule has 0 unspecified atom stereocenters. The minimum Gasteiger partial charge on any atom is -0.382 e. The molecule has 2 N–H and O–H groups in total. The van der Waals surface area contributed by atoms with E-state index in [1.165, 1.54) is 0 Å². The summed E-state index contributed by atoms with van der Waals surface area (Å²) in [6.07, 6.45) is 2.16. The molecule has 2 rings (SSSR count). The van der Waals surface area contributed by atoms with Crippen molar-refractivity contribution in [2.24, 2.45) is 0 Å². The van der Waals surface area contributed by atoms with Gasteiger partial charge in [-0.25, -0.2) is 4.98 Å². The molecule has 4 heteroatoms. The molecule has 1 aliphatic rings. The largest absolute Gasteiger partial charge is 0.382 e. The molecule has 1 aliphatic heterocycles. The van der Waals surface area contributed by atoms with E-state index in [9.17, 15) is 4.79 Å². The fourth-order valence-corrected chi connectivity index (χ4v) is 1.15. The summed E-state index contributed by atoms with van der Waals surface area (Å²) in [7, 11) is 0. The van der Waals surface area contributed by atoms with Gasteiger partial charge in [0.25, 0.3) is 0 Å². The third-order valence-electron chi connectivity index (χ3n) is 1.73. The van der Waals surface area contributed by atoms with Crippen LogP contribution in [0.4, 0.5) is 11.5 Å². The van der Waals surface area contributed by atoms with Crippen molar-refractivity contribution in [2.45, 2.75) is 6.42 Å². The third-order valence-corrected chi connectivity index (χ3v) is 1.73. The van der Waals surface area contributed by atoms with E-state index in [-0.39, 0.29) is 5.91 Å². The molecular weight excluding hydrogens is 154 g/mol. The van der Waals surface area contributed by atoms with E-state index in [1.807, 2.05) is 12.1 Å². The maximum atomic E-state index is 11.1. The summed E-state index contributed by atoms with van der Waals surface area (Å²) in [5, 5.41) is 5.82. The number of amides is 1. The van der Waals surface area contributed by atoms with Crippen molar-refractivity contribution in [3.8, 4) is 0 Å². The van der Waals surface area contributed by atoms with Gasteiger partial charge in [-0.2, -0.15) is 0 Å². The standard InChI is InChI=1S/C8H9N3O/c12-7-3-5-9-6-2-1-4-10-8(6)11-7/h1-2,4,9H,3,5H2,(H,10,11,12). The number of aromatic nitrogens is 1. The molecule has 0 saturated carbocycles. The Labute approximate surface area is 70.0 Å². The Hall–Kier alpha value is -1.58. The first-order chi connectivity index (χ1) is 5.86. The number of pyridine rings is 1. The van der Waals surface area contributed by atoms with E-state index >= 15 is 0 Å². The maximum absolute atomic E-state index is 11.1. The Morgan fingerprint density at radius 3 is 3.33 bits per heavy atom. The number of carbonyl (C=O) groups is 1. The average Bonchev–Trinajstić information content (AvgIpc) is 2.25. The van der Waals surface area contributed by atoms with Crippen molar-refractivity contribution >= 4 is 17.4 Å². The van der Waals surface area contributed by atoms with Gasteiger partial charge >= 0.3 is 0 Å². The normalized spacial score (nSPS) is 15.5. The smallest absolute Gasteiger partial charge is 0.227 e. The number of fused-ring (bicyclic) bond motifs is 1. The topological polar surface area (TPSA) is 54.0 Å². The second-order valence-electron chi connectivity index (χ2n) is 2.62. The molecule has 0 radical (unpaired) electrons. The molecule has 2 heterocycles. The van der Waals surface area contributed by atoms with Crippen molar-refractivity contribution in [2.75, 3.05) is 17.2 Å². The predicted molar refractivity (Wildman–Crippen MR) is 46.0 cm³/mol. The number of hydrogen-bond acceptors (Lipinski definition) is 3. The van der Waals surface area contributed by atoms with Gasteiger partial charge in [0.15, 0.2) is 5.82 Å². The van der Waals surface area contributed by atoms with Crippen molar-refractivity contribution < 1.29 is 4.79 Å². The molecule has 0 spiro atoms. The number of nitrogens with one attached hydrogen (secondary N) is 2. The van der Waals surface area contributed by atoms with Crippen LogP contribution in [0, 0.1) is 0 Å². The molecular formula is C8H9N3O. The predicted octanol–water partition coefficient (Wildman–Crippen LogP) is 0.836. The lowest BCUT2D eigenvalue weighted by atomic mass is 10.4. The summed E-state index contributed by atoms with van der Waals surface area (Å²) in [5.74, 6) is 0.639. The van der Waals surface area contributed by atoms with E-state index in [1.54, 1.807) is 6.20 Å². The average molecular weight is 163 g/mol. The number of nitrogens with zero attached hydrogens (tertiary/aromatic N) is 1. The molecule has 1 aromatic rings. The SMILES string of the molecule is O=C1CCNc2cccnc2N1. The molecule has 12 heavy (non-hydrogen) atoms. The highest BCUT2D eigenvalue weighted by atomic mass is 16.1. The number of hydrogen-bond donors (Lipinski definition) is 2. The first-order valence-corrected chi connectivity index (χ1v) is 3.85. The van der Waals surface area contributed by atoms with Gasteiger partial charge in [-0.15, -0.1) is 0 Å². The van der Waals surface area contributed by atoms with Crippen LogP contribution in [-0.2, 0) is 4.79 Å². The van der Waals surface area contributed by atoms with Crippen LogP contribution < -0.4 is 10.6 Å². The second-order valence-corrected chi connectivity index (χ2v) is 2.62. The number of rotatable bonds is 0. The highest BCUT2D eigenvalue weighted by molar-refractivity contribution is 5.94. The second kappa shape index (κ2) is 2.81. The van der Waals surface area contributed by atoms with Crippen LogP contribution in [0.3, 0.4) is 0 Å². The van der Waals surface area contributed by atoms with Crippen LogP contribution in [0.1, 0.15) is 6.42 Å². The molecule has 0 fully saturated rings. The lowest BCUT2D eigenvalue weighted by Crippen LogP contribution is -2.11. The van der Waals surface area contributed by atoms with Crippen LogP contribution in [0.2, 0.25) is 0 Å². The van der Waals surface area contributed by atoms with Crippen molar-refractivity contribution in [3.63, 3.8) is 0 Å². The van der Waals surface area contributed by atoms with Crippen LogP contribution in [0.25, 0.3) is 0 Å². The first kappa shape index (κ1) is 7.09. The zero-order chi connectivity index (χ0) is 8.39. The Bertz CT molecular complexity index is 311. The highest BCUT2D eigenvalue weighted by Crippen LogP contribution is 2.19. The molecule has 0 aliphatic carbocycles. The summed E-state index contributed by atoms with van der Waals surface area (Å²) in [5.41, 5.74) is 0.892. The Kier molecular flexibility index (Phi) is 1.66.